The lowest BCUT2D eigenvalue weighted by atomic mass is 10.2. The Labute approximate surface area is 206 Å². The Morgan fingerprint density at radius 1 is 1.12 bits per heavy atom. The van der Waals surface area contributed by atoms with Crippen molar-refractivity contribution in [2.24, 2.45) is 7.05 Å². The van der Waals surface area contributed by atoms with Crippen LogP contribution in [0.2, 0.25) is 0 Å². The summed E-state index contributed by atoms with van der Waals surface area (Å²) in [7, 11) is 1.87. The normalized spacial score (nSPS) is 11.2. The van der Waals surface area contributed by atoms with Crippen LogP contribution in [0.25, 0.3) is 11.4 Å². The maximum absolute atomic E-state index is 13.5. The Balaban J connectivity index is 1.62. The topological polar surface area (TPSA) is 86.7 Å². The number of benzene rings is 1. The zero-order valence-electron chi connectivity index (χ0n) is 20.0. The van der Waals surface area contributed by atoms with Gasteiger partial charge in [0.2, 0.25) is 5.13 Å². The monoisotopic (exact) mass is 496 g/mol. The molecule has 8 nitrogen and oxygen atoms in total. The standard InChI is InChI=1S/C24H28N6O2S2/c1-6-12-25-23-26-27-24(34-23)33-14-20(31)19-13-15(2)29(16(19)3)21-17(4)28(5)30(22(21)32)18-10-8-7-9-11-18/h7-11,13H,6,12,14H2,1-5H3,(H,25,26). The Hall–Kier alpha value is -3.11. The molecule has 0 atom stereocenters. The quantitative estimate of drug-likeness (QED) is 0.270. The lowest BCUT2D eigenvalue weighted by Crippen LogP contribution is -2.22. The van der Waals surface area contributed by atoms with Crippen molar-refractivity contribution in [1.82, 2.24) is 24.1 Å². The van der Waals surface area contributed by atoms with E-state index in [1.54, 1.807) is 4.68 Å². The maximum Gasteiger partial charge on any atom is 0.295 e. The van der Waals surface area contributed by atoms with Crippen LogP contribution >= 0.6 is 23.1 Å². The Morgan fingerprint density at radius 2 is 1.85 bits per heavy atom. The van der Waals surface area contributed by atoms with E-state index in [-0.39, 0.29) is 17.1 Å². The van der Waals surface area contributed by atoms with Crippen LogP contribution < -0.4 is 10.9 Å². The van der Waals surface area contributed by atoms with Crippen LogP contribution in [0.15, 0.2) is 45.5 Å². The molecule has 0 amide bonds. The zero-order valence-corrected chi connectivity index (χ0v) is 21.6. The fraction of sp³-hybridized carbons (Fsp3) is 0.333. The summed E-state index contributed by atoms with van der Waals surface area (Å²) in [5.41, 5.74) is 4.28. The molecule has 0 aliphatic heterocycles. The number of carbonyl (C=O) groups excluding carboxylic acids is 1. The summed E-state index contributed by atoms with van der Waals surface area (Å²) in [4.78, 5) is 26.6. The molecule has 0 aliphatic carbocycles. The molecule has 0 bridgehead atoms. The van der Waals surface area contributed by atoms with Crippen LogP contribution in [0.1, 0.15) is 40.8 Å². The van der Waals surface area contributed by atoms with Gasteiger partial charge in [-0.1, -0.05) is 48.2 Å². The Bertz CT molecular complexity index is 1380. The van der Waals surface area contributed by atoms with Crippen LogP contribution in [0, 0.1) is 20.8 Å². The number of aryl methyl sites for hydroxylation is 1. The molecule has 1 N–H and O–H groups in total. The van der Waals surface area contributed by atoms with Crippen molar-refractivity contribution in [2.45, 2.75) is 38.5 Å². The van der Waals surface area contributed by atoms with E-state index in [0.29, 0.717) is 11.3 Å². The van der Waals surface area contributed by atoms with E-state index in [9.17, 15) is 9.59 Å². The molecule has 4 rings (SSSR count). The fourth-order valence-electron chi connectivity index (χ4n) is 3.98. The van der Waals surface area contributed by atoms with Gasteiger partial charge in [0.25, 0.3) is 5.56 Å². The minimum Gasteiger partial charge on any atom is -0.360 e. The van der Waals surface area contributed by atoms with Crippen LogP contribution in [-0.4, -0.2) is 42.2 Å². The van der Waals surface area contributed by atoms with Crippen molar-refractivity contribution in [2.75, 3.05) is 17.6 Å². The molecule has 1 aromatic carbocycles. The summed E-state index contributed by atoms with van der Waals surface area (Å²) in [5.74, 6) is 0.258. The Morgan fingerprint density at radius 3 is 2.56 bits per heavy atom. The van der Waals surface area contributed by atoms with Gasteiger partial charge in [-0.05, 0) is 45.4 Å². The summed E-state index contributed by atoms with van der Waals surface area (Å²) >= 11 is 2.83. The van der Waals surface area contributed by atoms with E-state index in [2.05, 4.69) is 22.4 Å². The molecule has 4 aromatic rings. The van der Waals surface area contributed by atoms with E-state index in [0.717, 1.165) is 45.2 Å². The van der Waals surface area contributed by atoms with Crippen LogP contribution in [0.4, 0.5) is 5.13 Å². The predicted molar refractivity (Wildman–Crippen MR) is 138 cm³/mol. The van der Waals surface area contributed by atoms with Gasteiger partial charge in [-0.25, -0.2) is 4.68 Å². The zero-order chi connectivity index (χ0) is 24.4. The van der Waals surface area contributed by atoms with Gasteiger partial charge >= 0.3 is 0 Å². The summed E-state index contributed by atoms with van der Waals surface area (Å²) in [6.45, 7) is 8.67. The number of rotatable bonds is 9. The van der Waals surface area contributed by atoms with Gasteiger partial charge in [0.15, 0.2) is 10.1 Å². The number of ketones is 1. The van der Waals surface area contributed by atoms with Crippen molar-refractivity contribution in [3.05, 3.63) is 69.4 Å². The first-order valence-corrected chi connectivity index (χ1v) is 12.9. The molecular weight excluding hydrogens is 468 g/mol. The van der Waals surface area contributed by atoms with Crippen molar-refractivity contribution in [3.63, 3.8) is 0 Å². The number of aromatic nitrogens is 5. The highest BCUT2D eigenvalue weighted by atomic mass is 32.2. The molecule has 3 aromatic heterocycles. The number of nitrogens with one attached hydrogen (secondary N) is 1. The van der Waals surface area contributed by atoms with E-state index >= 15 is 0 Å². The first kappa shape index (κ1) is 24.0. The highest BCUT2D eigenvalue weighted by molar-refractivity contribution is 8.01. The molecule has 0 unspecified atom stereocenters. The second kappa shape index (κ2) is 10.0. The Kier molecular flexibility index (Phi) is 7.08. The second-order valence-corrected chi connectivity index (χ2v) is 10.2. The molecule has 178 valence electrons. The van der Waals surface area contributed by atoms with E-state index < -0.39 is 0 Å². The van der Waals surface area contributed by atoms with Crippen molar-refractivity contribution in [3.8, 4) is 11.4 Å². The first-order valence-electron chi connectivity index (χ1n) is 11.1. The molecule has 3 heterocycles. The third-order valence-corrected chi connectivity index (χ3v) is 7.75. The molecular formula is C24H28N6O2S2. The molecule has 34 heavy (non-hydrogen) atoms. The van der Waals surface area contributed by atoms with Gasteiger partial charge in [0.05, 0.1) is 17.1 Å². The van der Waals surface area contributed by atoms with Crippen LogP contribution in [0.5, 0.6) is 0 Å². The maximum atomic E-state index is 13.5. The predicted octanol–water partition coefficient (Wildman–Crippen LogP) is 4.54. The smallest absolute Gasteiger partial charge is 0.295 e. The van der Waals surface area contributed by atoms with Gasteiger partial charge in [-0.2, -0.15) is 0 Å². The minimum atomic E-state index is -0.123. The van der Waals surface area contributed by atoms with Gasteiger partial charge in [-0.15, -0.1) is 10.2 Å². The number of thioether (sulfide) groups is 1. The highest BCUT2D eigenvalue weighted by Crippen LogP contribution is 2.28. The highest BCUT2D eigenvalue weighted by Gasteiger charge is 2.24. The number of carbonyl (C=O) groups is 1. The minimum absolute atomic E-state index is 0.000383. The first-order chi connectivity index (χ1) is 16.3. The van der Waals surface area contributed by atoms with Gasteiger partial charge in [0, 0.05) is 30.5 Å². The van der Waals surface area contributed by atoms with E-state index in [1.807, 2.05) is 73.5 Å². The number of para-hydroxylation sites is 1. The summed E-state index contributed by atoms with van der Waals surface area (Å²) in [5, 5.41) is 12.3. The largest absolute Gasteiger partial charge is 0.360 e. The van der Waals surface area contributed by atoms with Gasteiger partial charge in [0.1, 0.15) is 5.69 Å². The van der Waals surface area contributed by atoms with Crippen LogP contribution in [-0.2, 0) is 7.05 Å². The number of hydrogen-bond donors (Lipinski definition) is 1. The average molecular weight is 497 g/mol. The van der Waals surface area contributed by atoms with Crippen molar-refractivity contribution < 1.29 is 4.79 Å². The lowest BCUT2D eigenvalue weighted by Gasteiger charge is -2.08. The van der Waals surface area contributed by atoms with Gasteiger partial charge < -0.3 is 9.88 Å². The lowest BCUT2D eigenvalue weighted by molar-refractivity contribution is 0.102. The second-order valence-electron chi connectivity index (χ2n) is 8.04. The molecule has 0 spiro atoms. The number of hydrogen-bond acceptors (Lipinski definition) is 7. The van der Waals surface area contributed by atoms with Crippen molar-refractivity contribution in [1.29, 1.82) is 0 Å². The number of anilines is 1. The molecule has 0 saturated heterocycles. The van der Waals surface area contributed by atoms with E-state index in [4.69, 9.17) is 0 Å². The van der Waals surface area contributed by atoms with E-state index in [1.165, 1.54) is 23.1 Å². The molecule has 10 heteroatoms. The number of nitrogens with zero attached hydrogens (tertiary/aromatic N) is 5. The molecule has 0 radical (unpaired) electrons. The third-order valence-electron chi connectivity index (χ3n) is 5.74. The fourth-order valence-corrected chi connectivity index (χ4v) is 5.64. The van der Waals surface area contributed by atoms with Crippen molar-refractivity contribution >= 4 is 34.0 Å². The SMILES string of the molecule is CCCNc1nnc(SCC(=O)c2cc(C)n(-c3c(C)n(C)n(-c4ccccc4)c3=O)c2C)s1. The molecule has 0 fully saturated rings. The van der Waals surface area contributed by atoms with Crippen LogP contribution in [0.3, 0.4) is 0 Å². The molecule has 0 aliphatic rings. The summed E-state index contributed by atoms with van der Waals surface area (Å²) < 4.78 is 6.15. The average Bonchev–Trinajstić information content (AvgIpc) is 3.47. The number of Topliss-reactive ketones (excluding diaryl/α,β-unsaturated/α-hetero) is 1. The third kappa shape index (κ3) is 4.47. The summed E-state index contributed by atoms with van der Waals surface area (Å²) in [6.07, 6.45) is 1.01. The molecule has 0 saturated carbocycles. The summed E-state index contributed by atoms with van der Waals surface area (Å²) in [6, 6.07) is 11.4. The van der Waals surface area contributed by atoms with Gasteiger partial charge in [-0.3, -0.25) is 14.3 Å².